The molecule has 1 aromatic heterocycles. The number of aliphatic hydroxyl groups excluding tert-OH is 1. The van der Waals surface area contributed by atoms with E-state index in [1.165, 1.54) is 30.9 Å². The van der Waals surface area contributed by atoms with Crippen LogP contribution in [0.4, 0.5) is 5.13 Å². The average molecular weight is 659 g/mol. The molecule has 0 spiro atoms. The standard InChI is InChI=1S/C30H25Cl2N3O6S2/c1-4-41-22-12-8-17(13-23(22)40-3)25-24(26(36)16-6-10-20(39-2)11-7-16)27(37)28(38)35(25)29-33-34-30(43-29)42-15-18-5-9-19(31)14-21(18)32/h5-14,25,36H,4,15H2,1-3H3/b26-24-. The van der Waals surface area contributed by atoms with Crippen molar-refractivity contribution in [2.24, 2.45) is 0 Å². The summed E-state index contributed by atoms with van der Waals surface area (Å²) in [5.41, 5.74) is 1.61. The van der Waals surface area contributed by atoms with E-state index in [-0.39, 0.29) is 16.5 Å². The summed E-state index contributed by atoms with van der Waals surface area (Å²) in [5.74, 6) is -0.0779. The van der Waals surface area contributed by atoms with E-state index < -0.39 is 17.7 Å². The molecule has 43 heavy (non-hydrogen) atoms. The third kappa shape index (κ3) is 6.30. The molecule has 1 aliphatic heterocycles. The van der Waals surface area contributed by atoms with Crippen LogP contribution in [0.3, 0.4) is 0 Å². The number of aliphatic hydroxyl groups is 1. The van der Waals surface area contributed by atoms with E-state index in [9.17, 15) is 14.7 Å². The number of methoxy groups -OCH3 is 2. The van der Waals surface area contributed by atoms with Gasteiger partial charge in [-0.3, -0.25) is 14.5 Å². The van der Waals surface area contributed by atoms with Crippen LogP contribution in [0.1, 0.15) is 29.7 Å². The molecule has 0 bridgehead atoms. The Kier molecular flexibility index (Phi) is 9.46. The fourth-order valence-corrected chi connectivity index (χ4v) is 6.94. The summed E-state index contributed by atoms with van der Waals surface area (Å²) in [6.45, 7) is 2.27. The molecule has 5 rings (SSSR count). The molecule has 3 aromatic carbocycles. The molecule has 1 N–H and O–H groups in total. The molecule has 1 amide bonds. The van der Waals surface area contributed by atoms with E-state index in [1.54, 1.807) is 54.6 Å². The van der Waals surface area contributed by atoms with Crippen molar-refractivity contribution < 1.29 is 28.9 Å². The Hall–Kier alpha value is -3.77. The summed E-state index contributed by atoms with van der Waals surface area (Å²) in [6.07, 6.45) is 0. The molecule has 0 radical (unpaired) electrons. The number of rotatable bonds is 10. The number of ketones is 1. The molecule has 13 heteroatoms. The average Bonchev–Trinajstić information content (AvgIpc) is 3.58. The van der Waals surface area contributed by atoms with Crippen molar-refractivity contribution in [3.05, 3.63) is 93.0 Å². The van der Waals surface area contributed by atoms with Gasteiger partial charge < -0.3 is 19.3 Å². The molecule has 2 heterocycles. The maximum absolute atomic E-state index is 13.6. The van der Waals surface area contributed by atoms with Gasteiger partial charge in [0.05, 0.1) is 32.4 Å². The Labute approximate surface area is 266 Å². The maximum Gasteiger partial charge on any atom is 0.301 e. The maximum atomic E-state index is 13.6. The number of amides is 1. The van der Waals surface area contributed by atoms with Crippen molar-refractivity contribution in [3.63, 3.8) is 0 Å². The monoisotopic (exact) mass is 657 g/mol. The summed E-state index contributed by atoms with van der Waals surface area (Å²) >= 11 is 14.9. The highest BCUT2D eigenvalue weighted by Crippen LogP contribution is 2.46. The Balaban J connectivity index is 1.57. The first-order valence-corrected chi connectivity index (χ1v) is 15.5. The van der Waals surface area contributed by atoms with Crippen LogP contribution in [0.15, 0.2) is 70.6 Å². The van der Waals surface area contributed by atoms with Crippen LogP contribution in [-0.2, 0) is 15.3 Å². The van der Waals surface area contributed by atoms with Crippen LogP contribution < -0.4 is 19.1 Å². The minimum absolute atomic E-state index is 0.0984. The van der Waals surface area contributed by atoms with Gasteiger partial charge in [-0.2, -0.15) is 0 Å². The van der Waals surface area contributed by atoms with Gasteiger partial charge in [-0.15, -0.1) is 10.2 Å². The molecule has 0 aliphatic carbocycles. The van der Waals surface area contributed by atoms with Crippen molar-refractivity contribution in [3.8, 4) is 17.2 Å². The van der Waals surface area contributed by atoms with Crippen LogP contribution in [0, 0.1) is 0 Å². The number of aromatic nitrogens is 2. The zero-order valence-electron chi connectivity index (χ0n) is 23.2. The number of thioether (sulfide) groups is 1. The van der Waals surface area contributed by atoms with E-state index >= 15 is 0 Å². The van der Waals surface area contributed by atoms with Crippen LogP contribution in [0.5, 0.6) is 17.2 Å². The molecule has 1 saturated heterocycles. The number of Topliss-reactive ketones (excluding diaryl/α,β-unsaturated/α-hetero) is 1. The van der Waals surface area contributed by atoms with Gasteiger partial charge in [-0.1, -0.05) is 58.4 Å². The molecular weight excluding hydrogens is 633 g/mol. The zero-order valence-corrected chi connectivity index (χ0v) is 26.3. The highest BCUT2D eigenvalue weighted by atomic mass is 35.5. The van der Waals surface area contributed by atoms with Crippen molar-refractivity contribution >= 4 is 68.9 Å². The molecule has 1 fully saturated rings. The Morgan fingerprint density at radius 2 is 1.77 bits per heavy atom. The van der Waals surface area contributed by atoms with Crippen LogP contribution in [0.25, 0.3) is 5.76 Å². The Morgan fingerprint density at radius 1 is 1.00 bits per heavy atom. The van der Waals surface area contributed by atoms with Crippen molar-refractivity contribution in [1.29, 1.82) is 0 Å². The number of anilines is 1. The van der Waals surface area contributed by atoms with Gasteiger partial charge in [-0.25, -0.2) is 0 Å². The smallest absolute Gasteiger partial charge is 0.301 e. The summed E-state index contributed by atoms with van der Waals surface area (Å²) in [4.78, 5) is 28.4. The number of carbonyl (C=O) groups is 2. The normalized spacial score (nSPS) is 16.0. The number of benzene rings is 3. The predicted molar refractivity (Wildman–Crippen MR) is 168 cm³/mol. The second-order valence-corrected chi connectivity index (χ2v) is 12.1. The first-order chi connectivity index (χ1) is 20.7. The minimum Gasteiger partial charge on any atom is -0.507 e. The number of halogens is 2. The Morgan fingerprint density at radius 3 is 2.44 bits per heavy atom. The lowest BCUT2D eigenvalue weighted by molar-refractivity contribution is -0.132. The van der Waals surface area contributed by atoms with Gasteiger partial charge in [0, 0.05) is 21.4 Å². The lowest BCUT2D eigenvalue weighted by Crippen LogP contribution is -2.29. The lowest BCUT2D eigenvalue weighted by atomic mass is 9.95. The summed E-state index contributed by atoms with van der Waals surface area (Å²) in [7, 11) is 3.02. The molecule has 1 atom stereocenters. The van der Waals surface area contributed by atoms with Gasteiger partial charge in [0.2, 0.25) is 5.13 Å². The van der Waals surface area contributed by atoms with E-state index in [0.717, 1.165) is 16.9 Å². The number of carbonyl (C=O) groups excluding carboxylic acids is 2. The largest absolute Gasteiger partial charge is 0.507 e. The van der Waals surface area contributed by atoms with Gasteiger partial charge in [0.25, 0.3) is 5.78 Å². The quantitative estimate of drug-likeness (QED) is 0.0623. The van der Waals surface area contributed by atoms with Crippen LogP contribution in [0.2, 0.25) is 10.0 Å². The zero-order chi connectivity index (χ0) is 30.7. The lowest BCUT2D eigenvalue weighted by Gasteiger charge is -2.23. The molecule has 4 aromatic rings. The number of hydrogen-bond acceptors (Lipinski definition) is 10. The summed E-state index contributed by atoms with van der Waals surface area (Å²) < 4.78 is 17.0. The SMILES string of the molecule is CCOc1ccc(C2/C(=C(/O)c3ccc(OC)cc3)C(=O)C(=O)N2c2nnc(SCc3ccc(Cl)cc3Cl)s2)cc1OC. The second kappa shape index (κ2) is 13.3. The first-order valence-electron chi connectivity index (χ1n) is 12.9. The number of hydrogen-bond donors (Lipinski definition) is 1. The fourth-order valence-electron chi connectivity index (χ4n) is 4.52. The molecule has 9 nitrogen and oxygen atoms in total. The third-order valence-corrected chi connectivity index (χ3v) is 9.27. The summed E-state index contributed by atoms with van der Waals surface area (Å²) in [5, 5.41) is 21.2. The Bertz CT molecular complexity index is 1710. The predicted octanol–water partition coefficient (Wildman–Crippen LogP) is 7.18. The second-order valence-electron chi connectivity index (χ2n) is 9.12. The van der Waals surface area contributed by atoms with Gasteiger partial charge in [0.1, 0.15) is 11.5 Å². The highest BCUT2D eigenvalue weighted by Gasteiger charge is 2.48. The molecule has 222 valence electrons. The number of nitrogens with zero attached hydrogens (tertiary/aromatic N) is 3. The first kappa shape index (κ1) is 30.7. The van der Waals surface area contributed by atoms with Crippen LogP contribution in [-0.4, -0.2) is 47.8 Å². The van der Waals surface area contributed by atoms with E-state index in [2.05, 4.69) is 10.2 Å². The topological polar surface area (TPSA) is 111 Å². The van der Waals surface area contributed by atoms with Gasteiger partial charge in [0.15, 0.2) is 15.8 Å². The van der Waals surface area contributed by atoms with E-state index in [0.29, 0.717) is 55.1 Å². The van der Waals surface area contributed by atoms with E-state index in [1.807, 2.05) is 13.0 Å². The van der Waals surface area contributed by atoms with Crippen molar-refractivity contribution in [2.75, 3.05) is 25.7 Å². The van der Waals surface area contributed by atoms with Crippen LogP contribution >= 0.6 is 46.3 Å². The summed E-state index contributed by atoms with van der Waals surface area (Å²) in [6, 6.07) is 15.8. The number of ether oxygens (including phenoxy) is 3. The molecule has 1 unspecified atom stereocenters. The van der Waals surface area contributed by atoms with Crippen molar-refractivity contribution in [2.45, 2.75) is 23.1 Å². The third-order valence-electron chi connectivity index (χ3n) is 6.58. The highest BCUT2D eigenvalue weighted by molar-refractivity contribution is 8.00. The fraction of sp³-hybridized carbons (Fsp3) is 0.200. The van der Waals surface area contributed by atoms with Crippen molar-refractivity contribution in [1.82, 2.24) is 10.2 Å². The molecular formula is C30H25Cl2N3O6S2. The molecule has 1 aliphatic rings. The van der Waals surface area contributed by atoms with Gasteiger partial charge in [-0.05, 0) is 66.6 Å². The van der Waals surface area contributed by atoms with Gasteiger partial charge >= 0.3 is 5.91 Å². The molecule has 0 saturated carbocycles. The minimum atomic E-state index is -1.02. The van der Waals surface area contributed by atoms with E-state index in [4.69, 9.17) is 37.4 Å².